The lowest BCUT2D eigenvalue weighted by Gasteiger charge is -2.60. The monoisotopic (exact) mass is 329 g/mol. The first-order valence-corrected chi connectivity index (χ1v) is 9.00. The van der Waals surface area contributed by atoms with Crippen LogP contribution in [0.15, 0.2) is 12.1 Å². The molecule has 2 aliphatic heterocycles. The molecule has 4 aliphatic rings. The Morgan fingerprint density at radius 1 is 1.38 bits per heavy atom. The van der Waals surface area contributed by atoms with Gasteiger partial charge in [-0.15, -0.1) is 0 Å². The third-order valence-corrected chi connectivity index (χ3v) is 7.41. The number of hydrogen-bond donors (Lipinski definition) is 2. The number of amides is 1. The number of carbonyl (C=O) groups excluding carboxylic acids is 1. The molecule has 1 amide bonds. The summed E-state index contributed by atoms with van der Waals surface area (Å²) in [4.78, 5) is 11.9. The summed E-state index contributed by atoms with van der Waals surface area (Å²) >= 11 is 0. The highest BCUT2D eigenvalue weighted by Crippen LogP contribution is 2.63. The van der Waals surface area contributed by atoms with E-state index in [9.17, 15) is 9.90 Å². The number of benzene rings is 1. The largest absolute Gasteiger partial charge is 0.486 e. The van der Waals surface area contributed by atoms with Crippen LogP contribution in [-0.2, 0) is 11.8 Å². The van der Waals surface area contributed by atoms with Crippen LogP contribution in [0.4, 0.5) is 0 Å². The van der Waals surface area contributed by atoms with Gasteiger partial charge in [-0.1, -0.05) is 6.07 Å². The minimum Gasteiger partial charge on any atom is -0.486 e. The van der Waals surface area contributed by atoms with Crippen molar-refractivity contribution in [3.63, 3.8) is 0 Å². The molecule has 128 valence electrons. The minimum atomic E-state index is -0.463. The zero-order valence-electron chi connectivity index (χ0n) is 14.3. The van der Waals surface area contributed by atoms with E-state index in [-0.39, 0.29) is 11.5 Å². The molecule has 5 rings (SSSR count). The second-order valence-electron chi connectivity index (χ2n) is 8.69. The zero-order chi connectivity index (χ0) is 16.9. The van der Waals surface area contributed by atoms with Crippen LogP contribution in [0.1, 0.15) is 40.7 Å². The van der Waals surface area contributed by atoms with Crippen molar-refractivity contribution in [1.29, 1.82) is 0 Å². The summed E-state index contributed by atoms with van der Waals surface area (Å²) in [6, 6.07) is 4.43. The van der Waals surface area contributed by atoms with Gasteiger partial charge in [0.05, 0.1) is 43.8 Å². The molecule has 0 radical (unpaired) electrons. The smallest absolute Gasteiger partial charge is 0.252 e. The number of primary amides is 1. The highest BCUT2D eigenvalue weighted by Gasteiger charge is 2.68. The second-order valence-corrected chi connectivity index (χ2v) is 8.69. The molecule has 2 aliphatic carbocycles. The lowest BCUT2D eigenvalue weighted by molar-refractivity contribution is -0.927. The number of likely N-dealkylation sites (N-methyl/N-ethyl adjacent to an activating group) is 1. The molecule has 1 aromatic carbocycles. The van der Waals surface area contributed by atoms with Crippen molar-refractivity contribution in [3.05, 3.63) is 28.8 Å². The van der Waals surface area contributed by atoms with Gasteiger partial charge in [-0.25, -0.2) is 0 Å². The zero-order valence-corrected chi connectivity index (χ0v) is 14.3. The standard InChI is InChI=1S/C19H24N2O3/c1-21(2)8-7-19-12-5-6-14(22)17(19)24-16-11(18(20)23)4-3-10(15(16)19)9-13(12)21/h3-4,12-14,17,22H,5-9H2,1-2H3,(H-,20,23)/p+1/t12-,13?,14-,17-,19?/m0/s1. The van der Waals surface area contributed by atoms with E-state index in [1.165, 1.54) is 11.1 Å². The average Bonchev–Trinajstić information content (AvgIpc) is 2.88. The quantitative estimate of drug-likeness (QED) is 0.754. The molecule has 0 aromatic heterocycles. The van der Waals surface area contributed by atoms with E-state index in [2.05, 4.69) is 20.2 Å². The number of piperidine rings is 1. The van der Waals surface area contributed by atoms with E-state index in [1.54, 1.807) is 0 Å². The summed E-state index contributed by atoms with van der Waals surface area (Å²) in [5.74, 6) is 0.732. The van der Waals surface area contributed by atoms with Crippen LogP contribution in [0.3, 0.4) is 0 Å². The maximum atomic E-state index is 11.9. The number of rotatable bonds is 1. The molecular weight excluding hydrogens is 304 g/mol. The van der Waals surface area contributed by atoms with Crippen molar-refractivity contribution in [3.8, 4) is 5.75 Å². The average molecular weight is 329 g/mol. The van der Waals surface area contributed by atoms with E-state index in [0.29, 0.717) is 23.3 Å². The third-order valence-electron chi connectivity index (χ3n) is 7.41. The van der Waals surface area contributed by atoms with Gasteiger partial charge in [-0.3, -0.25) is 4.79 Å². The molecule has 2 fully saturated rings. The molecule has 2 unspecified atom stereocenters. The number of nitrogens with two attached hydrogens (primary N) is 1. The number of aliphatic hydroxyl groups is 1. The van der Waals surface area contributed by atoms with Crippen molar-refractivity contribution in [2.24, 2.45) is 11.7 Å². The Morgan fingerprint density at radius 2 is 2.17 bits per heavy atom. The van der Waals surface area contributed by atoms with Gasteiger partial charge in [0.2, 0.25) is 0 Å². The van der Waals surface area contributed by atoms with E-state index < -0.39 is 12.0 Å². The molecule has 1 spiro atoms. The summed E-state index contributed by atoms with van der Waals surface area (Å²) in [6.45, 7) is 1.08. The number of carbonyl (C=O) groups is 1. The molecule has 24 heavy (non-hydrogen) atoms. The predicted molar refractivity (Wildman–Crippen MR) is 88.9 cm³/mol. The molecule has 1 saturated heterocycles. The molecule has 3 N–H and O–H groups in total. The van der Waals surface area contributed by atoms with Gasteiger partial charge in [0.1, 0.15) is 11.9 Å². The van der Waals surface area contributed by atoms with E-state index >= 15 is 0 Å². The second kappa shape index (κ2) is 4.33. The summed E-state index contributed by atoms with van der Waals surface area (Å²) < 4.78 is 7.32. The van der Waals surface area contributed by atoms with Gasteiger partial charge in [0, 0.05) is 24.3 Å². The number of ether oxygens (including phenoxy) is 1. The normalized spacial score (nSPS) is 40.6. The third kappa shape index (κ3) is 1.51. The summed E-state index contributed by atoms with van der Waals surface area (Å²) in [7, 11) is 4.66. The van der Waals surface area contributed by atoms with Crippen LogP contribution in [0.5, 0.6) is 5.75 Å². The Hall–Kier alpha value is -1.59. The summed E-state index contributed by atoms with van der Waals surface area (Å²) in [5.41, 5.74) is 8.43. The first-order chi connectivity index (χ1) is 11.4. The van der Waals surface area contributed by atoms with Crippen molar-refractivity contribution in [1.82, 2.24) is 0 Å². The highest BCUT2D eigenvalue weighted by molar-refractivity contribution is 5.97. The molecule has 1 aromatic rings. The maximum absolute atomic E-state index is 11.9. The van der Waals surface area contributed by atoms with Gasteiger partial charge in [0.15, 0.2) is 0 Å². The fourth-order valence-electron chi connectivity index (χ4n) is 6.30. The van der Waals surface area contributed by atoms with Gasteiger partial charge >= 0.3 is 0 Å². The van der Waals surface area contributed by atoms with E-state index in [4.69, 9.17) is 10.5 Å². The van der Waals surface area contributed by atoms with Crippen LogP contribution in [0.2, 0.25) is 0 Å². The van der Waals surface area contributed by atoms with Crippen molar-refractivity contribution < 1.29 is 19.1 Å². The topological polar surface area (TPSA) is 72.6 Å². The lowest BCUT2D eigenvalue weighted by Crippen LogP contribution is -2.71. The van der Waals surface area contributed by atoms with Gasteiger partial charge in [-0.2, -0.15) is 0 Å². The van der Waals surface area contributed by atoms with Crippen LogP contribution in [0, 0.1) is 5.92 Å². The Balaban J connectivity index is 1.81. The lowest BCUT2D eigenvalue weighted by atomic mass is 9.51. The SMILES string of the molecule is C[N+]1(C)CCC23c4c5ccc(C(N)=O)c4O[C@H]2[C@@H](O)CC[C@H]3C1C5. The van der Waals surface area contributed by atoms with Gasteiger partial charge < -0.3 is 20.1 Å². The number of likely N-dealkylation sites (tertiary alicyclic amines) is 1. The Kier molecular flexibility index (Phi) is 2.65. The van der Waals surface area contributed by atoms with Crippen molar-refractivity contribution in [2.75, 3.05) is 20.6 Å². The van der Waals surface area contributed by atoms with E-state index in [1.807, 2.05) is 6.07 Å². The Bertz CT molecular complexity index is 759. The highest BCUT2D eigenvalue weighted by atomic mass is 16.5. The predicted octanol–water partition coefficient (Wildman–Crippen LogP) is 0.960. The van der Waals surface area contributed by atoms with E-state index in [0.717, 1.165) is 36.7 Å². The molecule has 2 bridgehead atoms. The van der Waals surface area contributed by atoms with Crippen molar-refractivity contribution in [2.45, 2.75) is 49.3 Å². The molecule has 5 heteroatoms. The molecular formula is C19H25N2O3+. The fourth-order valence-corrected chi connectivity index (χ4v) is 6.30. The maximum Gasteiger partial charge on any atom is 0.252 e. The summed E-state index contributed by atoms with van der Waals surface area (Å²) in [6.07, 6.45) is 3.15. The first kappa shape index (κ1) is 14.7. The minimum absolute atomic E-state index is 0.134. The van der Waals surface area contributed by atoms with Gasteiger partial charge in [-0.05, 0) is 24.5 Å². The Labute approximate surface area is 142 Å². The molecule has 1 saturated carbocycles. The molecule has 5 atom stereocenters. The van der Waals surface area contributed by atoms with Crippen LogP contribution >= 0.6 is 0 Å². The number of nitrogens with zero attached hydrogens (tertiary/aromatic N) is 1. The number of hydrogen-bond acceptors (Lipinski definition) is 3. The van der Waals surface area contributed by atoms with Crippen molar-refractivity contribution >= 4 is 5.91 Å². The first-order valence-electron chi connectivity index (χ1n) is 9.00. The fraction of sp³-hybridized carbons (Fsp3) is 0.632. The summed E-state index contributed by atoms with van der Waals surface area (Å²) in [5, 5.41) is 10.7. The van der Waals surface area contributed by atoms with Crippen LogP contribution < -0.4 is 10.5 Å². The number of quaternary nitrogens is 1. The van der Waals surface area contributed by atoms with Gasteiger partial charge in [0.25, 0.3) is 5.91 Å². The molecule has 5 nitrogen and oxygen atoms in total. The van der Waals surface area contributed by atoms with Crippen LogP contribution in [-0.4, -0.2) is 54.4 Å². The number of aliphatic hydroxyl groups excluding tert-OH is 1. The Morgan fingerprint density at radius 3 is 2.92 bits per heavy atom. The molecule has 2 heterocycles. The van der Waals surface area contributed by atoms with Crippen LogP contribution in [0.25, 0.3) is 0 Å².